The second kappa shape index (κ2) is 11.2. The first-order valence-electron chi connectivity index (χ1n) is 11.0. The van der Waals surface area contributed by atoms with E-state index in [1.807, 2.05) is 14.1 Å². The van der Waals surface area contributed by atoms with Gasteiger partial charge in [-0.25, -0.2) is 4.99 Å². The normalized spacial score (nSPS) is 12.2. The zero-order chi connectivity index (χ0) is 25.5. The maximum absolute atomic E-state index is 12.6. The number of carboxylic acid groups (broad SMARTS) is 2. The minimum Gasteiger partial charge on any atom is -0.481 e. The number of aryl methyl sites for hydroxylation is 2. The third kappa shape index (κ3) is 6.85. The highest BCUT2D eigenvalue weighted by Crippen LogP contribution is 2.19. The minimum absolute atomic E-state index is 0.101. The summed E-state index contributed by atoms with van der Waals surface area (Å²) in [5, 5.41) is 18.5. The van der Waals surface area contributed by atoms with Gasteiger partial charge in [-0.3, -0.25) is 24.2 Å². The number of aromatic amines is 2. The summed E-state index contributed by atoms with van der Waals surface area (Å²) >= 11 is 0. The first-order valence-corrected chi connectivity index (χ1v) is 11.0. The van der Waals surface area contributed by atoms with Gasteiger partial charge >= 0.3 is 11.9 Å². The number of nitrogens with zero attached hydrogens (tertiary/aromatic N) is 3. The molecule has 4 N–H and O–H groups in total. The molecule has 0 saturated carbocycles. The summed E-state index contributed by atoms with van der Waals surface area (Å²) in [4.78, 5) is 62.9. The number of benzene rings is 1. The number of H-pyrrole nitrogens is 2. The van der Waals surface area contributed by atoms with Crippen molar-refractivity contribution in [2.75, 3.05) is 14.1 Å². The molecule has 3 aromatic rings. The maximum atomic E-state index is 12.6. The van der Waals surface area contributed by atoms with Crippen LogP contribution in [0, 0.1) is 5.92 Å². The van der Waals surface area contributed by atoms with Crippen molar-refractivity contribution < 1.29 is 24.6 Å². The predicted molar refractivity (Wildman–Crippen MR) is 129 cm³/mol. The van der Waals surface area contributed by atoms with Crippen LogP contribution in [-0.4, -0.2) is 68.2 Å². The third-order valence-corrected chi connectivity index (χ3v) is 5.47. The highest BCUT2D eigenvalue weighted by Gasteiger charge is 2.23. The van der Waals surface area contributed by atoms with Gasteiger partial charge in [0.1, 0.15) is 5.65 Å². The third-order valence-electron chi connectivity index (χ3n) is 5.47. The van der Waals surface area contributed by atoms with Gasteiger partial charge < -0.3 is 20.1 Å². The molecule has 11 nitrogen and oxygen atoms in total. The van der Waals surface area contributed by atoms with E-state index in [-0.39, 0.29) is 36.6 Å². The van der Waals surface area contributed by atoms with Crippen molar-refractivity contribution in [3.63, 3.8) is 0 Å². The van der Waals surface area contributed by atoms with Gasteiger partial charge in [0.25, 0.3) is 5.56 Å². The second-order valence-electron chi connectivity index (χ2n) is 8.43. The van der Waals surface area contributed by atoms with Crippen LogP contribution in [0.5, 0.6) is 0 Å². The Morgan fingerprint density at radius 2 is 1.86 bits per heavy atom. The Kier molecular flexibility index (Phi) is 8.13. The SMILES string of the molecule is CN(C)/C=N\c1nc2[nH]cc(CCc3ccc(C(=O)C[C@@H](CCC(=O)O)C(=O)O)cc3)c2c(=O)[nH]1. The molecule has 0 aliphatic carbocycles. The zero-order valence-corrected chi connectivity index (χ0v) is 19.4. The summed E-state index contributed by atoms with van der Waals surface area (Å²) in [7, 11) is 3.62. The van der Waals surface area contributed by atoms with E-state index in [0.29, 0.717) is 29.4 Å². The number of carbonyl (C=O) groups excluding carboxylic acids is 1. The number of hydrogen-bond donors (Lipinski definition) is 4. The van der Waals surface area contributed by atoms with Crippen LogP contribution in [0.3, 0.4) is 0 Å². The molecule has 0 radical (unpaired) electrons. The number of nitrogens with one attached hydrogen (secondary N) is 2. The molecule has 0 fully saturated rings. The van der Waals surface area contributed by atoms with Crippen molar-refractivity contribution in [1.82, 2.24) is 19.9 Å². The van der Waals surface area contributed by atoms with E-state index in [1.165, 1.54) is 0 Å². The standard InChI is InChI=1S/C24H27N5O6/c1-29(2)13-26-24-27-21-20(22(33)28-24)17(12-25-21)8-5-14-3-6-15(7-4-14)18(30)11-16(23(34)35)9-10-19(31)32/h3-4,6-7,12-13,16H,5,8-11H2,1-2H3,(H,31,32)(H,34,35)(H2,25,27,28,33)/b26-13-/t16-/m1/s1. The molecule has 0 saturated heterocycles. The van der Waals surface area contributed by atoms with Crippen LogP contribution in [0.1, 0.15) is 40.7 Å². The fourth-order valence-corrected chi connectivity index (χ4v) is 3.61. The molecule has 1 atom stereocenters. The van der Waals surface area contributed by atoms with Gasteiger partial charge in [0, 0.05) is 38.7 Å². The molecule has 2 aromatic heterocycles. The minimum atomic E-state index is -1.18. The van der Waals surface area contributed by atoms with E-state index >= 15 is 0 Å². The fourth-order valence-electron chi connectivity index (χ4n) is 3.61. The van der Waals surface area contributed by atoms with Crippen molar-refractivity contribution in [3.8, 4) is 0 Å². The molecule has 3 rings (SSSR count). The number of aliphatic carboxylic acids is 2. The fraction of sp³-hybridized carbons (Fsp3) is 0.333. The first kappa shape index (κ1) is 25.3. The number of Topliss-reactive ketones (excluding diaryl/α,β-unsaturated/α-hetero) is 1. The molecule has 0 spiro atoms. The van der Waals surface area contributed by atoms with Crippen molar-refractivity contribution in [3.05, 3.63) is 57.5 Å². The van der Waals surface area contributed by atoms with E-state index < -0.39 is 17.9 Å². The predicted octanol–water partition coefficient (Wildman–Crippen LogP) is 2.40. The Labute approximate surface area is 200 Å². The molecule has 0 aliphatic rings. The lowest BCUT2D eigenvalue weighted by Crippen LogP contribution is -2.19. The maximum Gasteiger partial charge on any atom is 0.306 e. The van der Waals surface area contributed by atoms with Crippen LogP contribution in [0.15, 0.2) is 40.2 Å². The van der Waals surface area contributed by atoms with Gasteiger partial charge in [0.15, 0.2) is 5.78 Å². The smallest absolute Gasteiger partial charge is 0.306 e. The van der Waals surface area contributed by atoms with E-state index in [0.717, 1.165) is 11.1 Å². The van der Waals surface area contributed by atoms with Crippen molar-refractivity contribution >= 4 is 41.0 Å². The Morgan fingerprint density at radius 1 is 1.14 bits per heavy atom. The monoisotopic (exact) mass is 481 g/mol. The van der Waals surface area contributed by atoms with E-state index in [9.17, 15) is 24.3 Å². The summed E-state index contributed by atoms with van der Waals surface area (Å²) in [5.41, 5.74) is 2.28. The van der Waals surface area contributed by atoms with Crippen LogP contribution >= 0.6 is 0 Å². The lowest BCUT2D eigenvalue weighted by atomic mass is 9.93. The molecular formula is C24H27N5O6. The average Bonchev–Trinajstić information content (AvgIpc) is 3.22. The van der Waals surface area contributed by atoms with E-state index in [1.54, 1.807) is 41.7 Å². The van der Waals surface area contributed by atoms with Crippen molar-refractivity contribution in [2.24, 2.45) is 10.9 Å². The molecule has 0 aliphatic heterocycles. The number of fused-ring (bicyclic) bond motifs is 1. The number of carbonyl (C=O) groups is 3. The number of rotatable bonds is 12. The van der Waals surface area contributed by atoms with Crippen molar-refractivity contribution in [1.29, 1.82) is 0 Å². The van der Waals surface area contributed by atoms with Gasteiger partial charge in [0.2, 0.25) is 5.95 Å². The molecule has 0 unspecified atom stereocenters. The number of aliphatic imine (C=N–C) groups is 1. The molecule has 0 bridgehead atoms. The van der Waals surface area contributed by atoms with Crippen LogP contribution in [-0.2, 0) is 22.4 Å². The van der Waals surface area contributed by atoms with E-state index in [4.69, 9.17) is 5.11 Å². The molecule has 2 heterocycles. The molecular weight excluding hydrogens is 454 g/mol. The molecule has 11 heteroatoms. The lowest BCUT2D eigenvalue weighted by Gasteiger charge is -2.10. The van der Waals surface area contributed by atoms with Crippen LogP contribution in [0.4, 0.5) is 5.95 Å². The largest absolute Gasteiger partial charge is 0.481 e. The lowest BCUT2D eigenvalue weighted by molar-refractivity contribution is -0.142. The molecule has 0 amide bonds. The van der Waals surface area contributed by atoms with Gasteiger partial charge in [-0.2, -0.15) is 4.98 Å². The van der Waals surface area contributed by atoms with Crippen molar-refractivity contribution in [2.45, 2.75) is 32.1 Å². The van der Waals surface area contributed by atoms with Gasteiger partial charge in [-0.15, -0.1) is 0 Å². The van der Waals surface area contributed by atoms with Gasteiger partial charge in [0.05, 0.1) is 17.6 Å². The zero-order valence-electron chi connectivity index (χ0n) is 19.4. The Bertz CT molecular complexity index is 1310. The number of ketones is 1. The summed E-state index contributed by atoms with van der Waals surface area (Å²) in [6.07, 6.45) is 3.80. The summed E-state index contributed by atoms with van der Waals surface area (Å²) in [6, 6.07) is 6.83. The summed E-state index contributed by atoms with van der Waals surface area (Å²) < 4.78 is 0. The Hall–Kier alpha value is -4.28. The van der Waals surface area contributed by atoms with Gasteiger partial charge in [-0.05, 0) is 30.4 Å². The Balaban J connectivity index is 1.65. The molecule has 1 aromatic carbocycles. The van der Waals surface area contributed by atoms with Crippen LogP contribution in [0.2, 0.25) is 0 Å². The summed E-state index contributed by atoms with van der Waals surface area (Å²) in [5.74, 6) is -3.47. The second-order valence-corrected chi connectivity index (χ2v) is 8.43. The van der Waals surface area contributed by atoms with Crippen LogP contribution in [0.25, 0.3) is 11.0 Å². The highest BCUT2D eigenvalue weighted by molar-refractivity contribution is 5.98. The number of hydrogen-bond acceptors (Lipinski definition) is 6. The van der Waals surface area contributed by atoms with E-state index in [2.05, 4.69) is 19.9 Å². The first-order chi connectivity index (χ1) is 16.6. The average molecular weight is 482 g/mol. The highest BCUT2D eigenvalue weighted by atomic mass is 16.4. The van der Waals surface area contributed by atoms with Crippen LogP contribution < -0.4 is 5.56 Å². The topological polar surface area (TPSA) is 169 Å². The molecule has 35 heavy (non-hydrogen) atoms. The summed E-state index contributed by atoms with van der Waals surface area (Å²) in [6.45, 7) is 0. The van der Waals surface area contributed by atoms with Gasteiger partial charge in [-0.1, -0.05) is 24.3 Å². The quantitative estimate of drug-likeness (QED) is 0.174. The molecule has 184 valence electrons. The number of aromatic nitrogens is 3. The number of carboxylic acids is 2. The Morgan fingerprint density at radius 3 is 2.49 bits per heavy atom.